The highest BCUT2D eigenvalue weighted by Crippen LogP contribution is 2.27. The van der Waals surface area contributed by atoms with E-state index in [0.29, 0.717) is 17.1 Å². The normalized spacial score (nSPS) is 11.7. The van der Waals surface area contributed by atoms with Crippen LogP contribution in [0, 0.1) is 0 Å². The Morgan fingerprint density at radius 1 is 1.11 bits per heavy atom. The lowest BCUT2D eigenvalue weighted by molar-refractivity contribution is -0.129. The molecule has 1 atom stereocenters. The van der Waals surface area contributed by atoms with Crippen LogP contribution in [0.1, 0.15) is 22.8 Å². The molecule has 1 aromatic heterocycles. The molecule has 28 heavy (non-hydrogen) atoms. The summed E-state index contributed by atoms with van der Waals surface area (Å²) in [6.45, 7) is 1.79. The standard InChI is InChI=1S/C20H21N3O5/c1-12(28-20(25)14-5-6-15-11-22-23-16(15)9-14)19(24)21-10-13-4-7-17(26-2)18(8-13)27-3/h4-9,11-12H,10H2,1-3H3,(H,21,24)(H,22,23)/t12-/m0/s1. The summed E-state index contributed by atoms with van der Waals surface area (Å²) in [4.78, 5) is 24.6. The number of benzene rings is 2. The van der Waals surface area contributed by atoms with E-state index in [0.717, 1.165) is 16.5 Å². The summed E-state index contributed by atoms with van der Waals surface area (Å²) in [6, 6.07) is 10.4. The minimum atomic E-state index is -0.940. The van der Waals surface area contributed by atoms with E-state index in [1.54, 1.807) is 50.7 Å². The third kappa shape index (κ3) is 4.22. The van der Waals surface area contributed by atoms with Crippen molar-refractivity contribution in [2.24, 2.45) is 0 Å². The van der Waals surface area contributed by atoms with E-state index in [9.17, 15) is 9.59 Å². The van der Waals surface area contributed by atoms with Gasteiger partial charge < -0.3 is 19.5 Å². The molecule has 0 saturated heterocycles. The van der Waals surface area contributed by atoms with Crippen LogP contribution in [0.15, 0.2) is 42.6 Å². The number of aromatic nitrogens is 2. The maximum Gasteiger partial charge on any atom is 0.338 e. The molecule has 2 aromatic carbocycles. The molecule has 1 heterocycles. The lowest BCUT2D eigenvalue weighted by Gasteiger charge is -2.14. The molecular formula is C20H21N3O5. The van der Waals surface area contributed by atoms with Gasteiger partial charge in [0.2, 0.25) is 0 Å². The van der Waals surface area contributed by atoms with Crippen LogP contribution >= 0.6 is 0 Å². The summed E-state index contributed by atoms with van der Waals surface area (Å²) in [5.74, 6) is 0.202. The quantitative estimate of drug-likeness (QED) is 0.608. The van der Waals surface area contributed by atoms with Crippen molar-refractivity contribution in [3.63, 3.8) is 0 Å². The monoisotopic (exact) mass is 383 g/mol. The molecule has 146 valence electrons. The molecule has 0 radical (unpaired) electrons. The fourth-order valence-corrected chi connectivity index (χ4v) is 2.67. The number of carbonyl (C=O) groups is 2. The summed E-state index contributed by atoms with van der Waals surface area (Å²) >= 11 is 0. The smallest absolute Gasteiger partial charge is 0.338 e. The number of esters is 1. The topological polar surface area (TPSA) is 103 Å². The van der Waals surface area contributed by atoms with E-state index in [2.05, 4.69) is 15.5 Å². The van der Waals surface area contributed by atoms with Crippen LogP contribution in [0.4, 0.5) is 0 Å². The molecule has 0 aliphatic heterocycles. The van der Waals surface area contributed by atoms with Gasteiger partial charge in [-0.05, 0) is 36.8 Å². The van der Waals surface area contributed by atoms with E-state index in [4.69, 9.17) is 14.2 Å². The maximum atomic E-state index is 12.3. The SMILES string of the molecule is COc1ccc(CNC(=O)[C@H](C)OC(=O)c2ccc3cn[nH]c3c2)cc1OC. The molecule has 3 rings (SSSR count). The second kappa shape index (κ2) is 8.43. The molecule has 2 N–H and O–H groups in total. The molecule has 8 heteroatoms. The van der Waals surface area contributed by atoms with Gasteiger partial charge in [-0.1, -0.05) is 12.1 Å². The lowest BCUT2D eigenvalue weighted by Crippen LogP contribution is -2.35. The van der Waals surface area contributed by atoms with E-state index >= 15 is 0 Å². The van der Waals surface area contributed by atoms with Crippen LogP contribution in [0.5, 0.6) is 11.5 Å². The average molecular weight is 383 g/mol. The first kappa shape index (κ1) is 19.2. The Hall–Kier alpha value is -3.55. The number of methoxy groups -OCH3 is 2. The van der Waals surface area contributed by atoms with Gasteiger partial charge in [0.25, 0.3) is 5.91 Å². The Balaban J connectivity index is 1.57. The first-order chi connectivity index (χ1) is 13.5. The van der Waals surface area contributed by atoms with E-state index in [1.807, 2.05) is 6.07 Å². The third-order valence-corrected chi connectivity index (χ3v) is 4.25. The van der Waals surface area contributed by atoms with Crippen LogP contribution < -0.4 is 14.8 Å². The van der Waals surface area contributed by atoms with Crippen LogP contribution in [-0.2, 0) is 16.1 Å². The van der Waals surface area contributed by atoms with Crippen molar-refractivity contribution >= 4 is 22.8 Å². The number of amides is 1. The van der Waals surface area contributed by atoms with E-state index in [-0.39, 0.29) is 6.54 Å². The van der Waals surface area contributed by atoms with Gasteiger partial charge in [0.15, 0.2) is 17.6 Å². The van der Waals surface area contributed by atoms with Crippen molar-refractivity contribution in [1.82, 2.24) is 15.5 Å². The molecule has 3 aromatic rings. The number of hydrogen-bond donors (Lipinski definition) is 2. The Bertz CT molecular complexity index is 998. The van der Waals surface area contributed by atoms with Crippen molar-refractivity contribution < 1.29 is 23.8 Å². The molecule has 0 aliphatic carbocycles. The zero-order chi connectivity index (χ0) is 20.1. The Labute approximate surface area is 161 Å². The van der Waals surface area contributed by atoms with Gasteiger partial charge in [-0.3, -0.25) is 9.89 Å². The fraction of sp³-hybridized carbons (Fsp3) is 0.250. The molecule has 0 saturated carbocycles. The van der Waals surface area contributed by atoms with E-state index < -0.39 is 18.0 Å². The number of ether oxygens (including phenoxy) is 3. The lowest BCUT2D eigenvalue weighted by atomic mass is 10.1. The van der Waals surface area contributed by atoms with Crippen LogP contribution in [0.25, 0.3) is 10.9 Å². The van der Waals surface area contributed by atoms with Gasteiger partial charge in [-0.2, -0.15) is 5.10 Å². The summed E-state index contributed by atoms with van der Waals surface area (Å²) in [6.07, 6.45) is 0.722. The fourth-order valence-electron chi connectivity index (χ4n) is 2.67. The van der Waals surface area contributed by atoms with E-state index in [1.165, 1.54) is 6.92 Å². The van der Waals surface area contributed by atoms with Gasteiger partial charge in [0.1, 0.15) is 0 Å². The highest BCUT2D eigenvalue weighted by Gasteiger charge is 2.19. The van der Waals surface area contributed by atoms with Crippen LogP contribution in [0.3, 0.4) is 0 Å². The van der Waals surface area contributed by atoms with Crippen molar-refractivity contribution in [2.75, 3.05) is 14.2 Å². The molecule has 1 amide bonds. The summed E-state index contributed by atoms with van der Waals surface area (Å²) in [7, 11) is 3.10. The zero-order valence-corrected chi connectivity index (χ0v) is 15.8. The minimum Gasteiger partial charge on any atom is -0.493 e. The molecule has 0 spiro atoms. The maximum absolute atomic E-state index is 12.3. The summed E-state index contributed by atoms with van der Waals surface area (Å²) in [5.41, 5.74) is 1.89. The number of rotatable bonds is 7. The predicted octanol–water partition coefficient (Wildman–Crippen LogP) is 2.44. The van der Waals surface area contributed by atoms with Crippen LogP contribution in [0.2, 0.25) is 0 Å². The van der Waals surface area contributed by atoms with Crippen molar-refractivity contribution in [3.05, 3.63) is 53.7 Å². The third-order valence-electron chi connectivity index (χ3n) is 4.25. The number of nitrogens with one attached hydrogen (secondary N) is 2. The van der Waals surface area contributed by atoms with Gasteiger partial charge in [-0.25, -0.2) is 4.79 Å². The number of nitrogens with zero attached hydrogens (tertiary/aromatic N) is 1. The predicted molar refractivity (Wildman–Crippen MR) is 102 cm³/mol. The number of H-pyrrole nitrogens is 1. The summed E-state index contributed by atoms with van der Waals surface area (Å²) in [5, 5.41) is 10.3. The van der Waals surface area contributed by atoms with Gasteiger partial charge in [0, 0.05) is 11.9 Å². The molecule has 0 unspecified atom stereocenters. The van der Waals surface area contributed by atoms with Crippen molar-refractivity contribution in [3.8, 4) is 11.5 Å². The highest BCUT2D eigenvalue weighted by atomic mass is 16.5. The first-order valence-corrected chi connectivity index (χ1v) is 8.64. The molecule has 0 aliphatic rings. The van der Waals surface area contributed by atoms with Crippen molar-refractivity contribution in [1.29, 1.82) is 0 Å². The number of fused-ring (bicyclic) bond motifs is 1. The van der Waals surface area contributed by atoms with Gasteiger partial charge in [0.05, 0.1) is 31.5 Å². The zero-order valence-electron chi connectivity index (χ0n) is 15.8. The minimum absolute atomic E-state index is 0.265. The van der Waals surface area contributed by atoms with Crippen molar-refractivity contribution in [2.45, 2.75) is 19.6 Å². The molecule has 8 nitrogen and oxygen atoms in total. The van der Waals surface area contributed by atoms with Gasteiger partial charge >= 0.3 is 5.97 Å². The highest BCUT2D eigenvalue weighted by molar-refractivity contribution is 5.95. The molecule has 0 bridgehead atoms. The first-order valence-electron chi connectivity index (χ1n) is 8.64. The molecule has 0 fully saturated rings. The Kier molecular flexibility index (Phi) is 5.78. The number of hydrogen-bond acceptors (Lipinski definition) is 6. The average Bonchev–Trinajstić information content (AvgIpc) is 3.19. The second-order valence-electron chi connectivity index (χ2n) is 6.13. The summed E-state index contributed by atoms with van der Waals surface area (Å²) < 4.78 is 15.7. The Morgan fingerprint density at radius 2 is 1.89 bits per heavy atom. The number of aromatic amines is 1. The number of carbonyl (C=O) groups excluding carboxylic acids is 2. The van der Waals surface area contributed by atoms with Gasteiger partial charge in [-0.15, -0.1) is 0 Å². The Morgan fingerprint density at radius 3 is 2.64 bits per heavy atom. The second-order valence-corrected chi connectivity index (χ2v) is 6.13. The van der Waals surface area contributed by atoms with Crippen LogP contribution in [-0.4, -0.2) is 42.4 Å². The largest absolute Gasteiger partial charge is 0.493 e. The molecular weight excluding hydrogens is 362 g/mol.